The molecule has 1 aromatic heterocycles. The van der Waals surface area contributed by atoms with Gasteiger partial charge in [0.1, 0.15) is 11.5 Å². The number of benzene rings is 3. The zero-order chi connectivity index (χ0) is 21.4. The first-order valence-corrected chi connectivity index (χ1v) is 10.7. The van der Waals surface area contributed by atoms with E-state index >= 15 is 0 Å². The third kappa shape index (κ3) is 3.09. The Morgan fingerprint density at radius 3 is 2.55 bits per heavy atom. The van der Waals surface area contributed by atoms with E-state index in [4.69, 9.17) is 14.2 Å². The fraction of sp³-hybridized carbons (Fsp3) is 0.115. The van der Waals surface area contributed by atoms with Crippen LogP contribution in [-0.2, 0) is 10.3 Å². The highest BCUT2D eigenvalue weighted by Gasteiger charge is 2.39. The predicted molar refractivity (Wildman–Crippen MR) is 123 cm³/mol. The predicted octanol–water partition coefficient (Wildman–Crippen LogP) is 6.05. The summed E-state index contributed by atoms with van der Waals surface area (Å²) in [4.78, 5) is 13.6. The van der Waals surface area contributed by atoms with E-state index < -0.39 is 11.6 Å². The molecule has 154 valence electrons. The lowest BCUT2D eigenvalue weighted by Crippen LogP contribution is -2.33. The second-order valence-corrected chi connectivity index (χ2v) is 8.21. The summed E-state index contributed by atoms with van der Waals surface area (Å²) in [5, 5.41) is 3.80. The van der Waals surface area contributed by atoms with Gasteiger partial charge >= 0.3 is 5.97 Å². The molecule has 0 saturated heterocycles. The van der Waals surface area contributed by atoms with Crippen LogP contribution < -0.4 is 9.47 Å². The lowest BCUT2D eigenvalue weighted by molar-refractivity contribution is 0.0599. The van der Waals surface area contributed by atoms with E-state index in [1.165, 1.54) is 7.11 Å². The zero-order valence-electron chi connectivity index (χ0n) is 17.1. The first-order valence-electron chi connectivity index (χ1n) is 9.87. The second kappa shape index (κ2) is 7.60. The number of carbonyl (C=O) groups excluding carboxylic acids is 1. The summed E-state index contributed by atoms with van der Waals surface area (Å²) >= 11 is 1.63. The van der Waals surface area contributed by atoms with Gasteiger partial charge in [-0.1, -0.05) is 42.5 Å². The molecule has 4 nitrogen and oxygen atoms in total. The highest BCUT2D eigenvalue weighted by molar-refractivity contribution is 7.10. The maximum absolute atomic E-state index is 12.6. The van der Waals surface area contributed by atoms with Crippen molar-refractivity contribution in [2.45, 2.75) is 5.60 Å². The minimum atomic E-state index is -0.798. The van der Waals surface area contributed by atoms with Gasteiger partial charge in [0, 0.05) is 16.5 Å². The molecule has 3 aromatic carbocycles. The first kappa shape index (κ1) is 19.4. The van der Waals surface area contributed by atoms with Crippen LogP contribution in [0.5, 0.6) is 11.5 Å². The van der Waals surface area contributed by atoms with Gasteiger partial charge in [0.2, 0.25) is 0 Å². The van der Waals surface area contributed by atoms with Gasteiger partial charge in [0.25, 0.3) is 0 Å². The number of carbonyl (C=O) groups is 1. The Kier molecular flexibility index (Phi) is 4.75. The highest BCUT2D eigenvalue weighted by atomic mass is 32.1. The van der Waals surface area contributed by atoms with Crippen LogP contribution in [-0.4, -0.2) is 20.2 Å². The molecule has 31 heavy (non-hydrogen) atoms. The van der Waals surface area contributed by atoms with Crippen molar-refractivity contribution in [2.24, 2.45) is 0 Å². The average molecular weight is 429 g/mol. The van der Waals surface area contributed by atoms with Crippen molar-refractivity contribution >= 4 is 34.2 Å². The van der Waals surface area contributed by atoms with Gasteiger partial charge in [-0.3, -0.25) is 0 Å². The van der Waals surface area contributed by atoms with E-state index in [2.05, 4.69) is 18.2 Å². The van der Waals surface area contributed by atoms with Crippen LogP contribution in [0.2, 0.25) is 0 Å². The van der Waals surface area contributed by atoms with E-state index in [9.17, 15) is 4.79 Å². The maximum atomic E-state index is 12.6. The van der Waals surface area contributed by atoms with Crippen LogP contribution in [0.3, 0.4) is 0 Å². The number of hydrogen-bond donors (Lipinski definition) is 0. The molecule has 1 aliphatic rings. The summed E-state index contributed by atoms with van der Waals surface area (Å²) in [6, 6.07) is 21.8. The van der Waals surface area contributed by atoms with E-state index in [0.717, 1.165) is 27.0 Å². The molecule has 0 amide bonds. The third-order valence-corrected chi connectivity index (χ3v) is 6.57. The Labute approximate surface area is 184 Å². The minimum absolute atomic E-state index is 0.398. The first-order chi connectivity index (χ1) is 15.2. The summed E-state index contributed by atoms with van der Waals surface area (Å²) in [6.45, 7) is 0. The maximum Gasteiger partial charge on any atom is 0.338 e. The molecule has 4 aromatic rings. The molecule has 2 heterocycles. The molecular weight excluding hydrogens is 408 g/mol. The molecule has 5 rings (SSSR count). The van der Waals surface area contributed by atoms with Gasteiger partial charge in [-0.2, -0.15) is 0 Å². The van der Waals surface area contributed by atoms with Gasteiger partial charge < -0.3 is 14.2 Å². The van der Waals surface area contributed by atoms with Crippen molar-refractivity contribution in [3.63, 3.8) is 0 Å². The van der Waals surface area contributed by atoms with Crippen LogP contribution in [0.15, 0.2) is 78.2 Å². The lowest BCUT2D eigenvalue weighted by atomic mass is 9.86. The molecule has 0 spiro atoms. The van der Waals surface area contributed by atoms with Crippen molar-refractivity contribution < 1.29 is 19.0 Å². The van der Waals surface area contributed by atoms with Gasteiger partial charge in [-0.05, 0) is 47.2 Å². The highest BCUT2D eigenvalue weighted by Crippen LogP contribution is 2.47. The lowest BCUT2D eigenvalue weighted by Gasteiger charge is -2.36. The van der Waals surface area contributed by atoms with E-state index in [0.29, 0.717) is 16.9 Å². The molecule has 1 atom stereocenters. The molecule has 0 bridgehead atoms. The van der Waals surface area contributed by atoms with Crippen LogP contribution in [0, 0.1) is 0 Å². The molecule has 0 fully saturated rings. The largest absolute Gasteiger partial charge is 0.497 e. The summed E-state index contributed by atoms with van der Waals surface area (Å²) in [5.41, 5.74) is 1.39. The van der Waals surface area contributed by atoms with Gasteiger partial charge in [-0.25, -0.2) is 4.79 Å². The summed E-state index contributed by atoms with van der Waals surface area (Å²) < 4.78 is 17.4. The van der Waals surface area contributed by atoms with Crippen molar-refractivity contribution in [1.29, 1.82) is 0 Å². The molecule has 0 N–H and O–H groups in total. The smallest absolute Gasteiger partial charge is 0.338 e. The third-order valence-electron chi connectivity index (χ3n) is 5.58. The van der Waals surface area contributed by atoms with E-state index in [1.54, 1.807) is 18.4 Å². The normalized spacial score (nSPS) is 17.1. The summed E-state index contributed by atoms with van der Waals surface area (Å²) in [6.07, 6.45) is 3.99. The SMILES string of the molecule is COC(=O)c1cc2ccc(OC)cc2c2c1C=CC(c1ccccc1)(c1cccs1)O2. The van der Waals surface area contributed by atoms with Crippen molar-refractivity contribution in [3.8, 4) is 11.5 Å². The number of thiophene rings is 1. The number of esters is 1. The number of hydrogen-bond acceptors (Lipinski definition) is 5. The minimum Gasteiger partial charge on any atom is -0.497 e. The Hall–Kier alpha value is -3.57. The fourth-order valence-corrected chi connectivity index (χ4v) is 4.90. The van der Waals surface area contributed by atoms with Crippen LogP contribution in [0.25, 0.3) is 16.8 Å². The van der Waals surface area contributed by atoms with Crippen molar-refractivity contribution in [3.05, 3.63) is 99.8 Å². The Morgan fingerprint density at radius 1 is 1.00 bits per heavy atom. The molecule has 1 aliphatic heterocycles. The monoisotopic (exact) mass is 428 g/mol. The fourth-order valence-electron chi connectivity index (χ4n) is 4.04. The summed E-state index contributed by atoms with van der Waals surface area (Å²) in [7, 11) is 3.03. The molecule has 0 saturated carbocycles. The molecule has 5 heteroatoms. The number of fused-ring (bicyclic) bond motifs is 3. The summed E-state index contributed by atoms with van der Waals surface area (Å²) in [5.74, 6) is 0.960. The number of rotatable bonds is 4. The van der Waals surface area contributed by atoms with Gasteiger partial charge in [0.05, 0.1) is 24.7 Å². The molecule has 0 aliphatic carbocycles. The molecular formula is C26H20O4S. The second-order valence-electron chi connectivity index (χ2n) is 7.26. The molecule has 1 unspecified atom stereocenters. The van der Waals surface area contributed by atoms with Crippen molar-refractivity contribution in [2.75, 3.05) is 14.2 Å². The number of methoxy groups -OCH3 is 2. The van der Waals surface area contributed by atoms with Crippen molar-refractivity contribution in [1.82, 2.24) is 0 Å². The Morgan fingerprint density at radius 2 is 1.84 bits per heavy atom. The Balaban J connectivity index is 1.82. The van der Waals surface area contributed by atoms with Gasteiger partial charge in [0.15, 0.2) is 5.60 Å². The van der Waals surface area contributed by atoms with Crippen LogP contribution in [0.4, 0.5) is 0 Å². The van der Waals surface area contributed by atoms with E-state index in [1.807, 2.05) is 66.1 Å². The van der Waals surface area contributed by atoms with Crippen LogP contribution >= 0.6 is 11.3 Å². The molecule has 0 radical (unpaired) electrons. The number of ether oxygens (including phenoxy) is 3. The topological polar surface area (TPSA) is 44.8 Å². The zero-order valence-corrected chi connectivity index (χ0v) is 17.9. The van der Waals surface area contributed by atoms with Gasteiger partial charge in [-0.15, -0.1) is 11.3 Å². The quantitative estimate of drug-likeness (QED) is 0.372. The standard InChI is InChI=1S/C26H20O4S/c1-28-19-11-10-17-15-22(25(27)29-2)20-12-13-26(23-9-6-14-31-23,18-7-4-3-5-8-18)30-24(20)21(17)16-19/h3-16H,1-2H3. The Bertz CT molecular complexity index is 1290. The van der Waals surface area contributed by atoms with E-state index in [-0.39, 0.29) is 0 Å². The van der Waals surface area contributed by atoms with Crippen LogP contribution in [0.1, 0.15) is 26.4 Å². The average Bonchev–Trinajstić information content (AvgIpc) is 3.38.